The molecular formula is C38H27F10NO5. The maximum Gasteiger partial charge on any atom is 0.416 e. The molecule has 1 N–H and O–H groups in total. The zero-order valence-corrected chi connectivity index (χ0v) is 27.9. The molecular weight excluding hydrogens is 740 g/mol. The summed E-state index contributed by atoms with van der Waals surface area (Å²) in [6.07, 6.45) is -5.17. The molecule has 16 heteroatoms. The number of carbonyl (C=O) groups excluding carboxylic acids is 1. The molecule has 0 radical (unpaired) electrons. The largest absolute Gasteiger partial charge is 0.496 e. The number of hydrogen-bond donors (Lipinski definition) is 1. The van der Waals surface area contributed by atoms with Crippen molar-refractivity contribution in [3.8, 4) is 40.9 Å². The van der Waals surface area contributed by atoms with Crippen molar-refractivity contribution in [2.75, 3.05) is 13.7 Å². The number of hydrogen-bond acceptors (Lipinski definition) is 4. The van der Waals surface area contributed by atoms with E-state index in [4.69, 9.17) is 14.6 Å². The molecule has 2 aliphatic rings. The number of methoxy groups -OCH3 is 1. The molecule has 0 saturated carbocycles. The number of amides is 1. The third kappa shape index (κ3) is 8.79. The van der Waals surface area contributed by atoms with E-state index in [1.165, 1.54) is 54.5 Å². The van der Waals surface area contributed by atoms with Gasteiger partial charge in [0.05, 0.1) is 35.4 Å². The molecule has 6 nitrogen and oxygen atoms in total. The van der Waals surface area contributed by atoms with Gasteiger partial charge in [-0.25, -0.2) is 14.0 Å². The van der Waals surface area contributed by atoms with E-state index in [1.807, 2.05) is 0 Å². The van der Waals surface area contributed by atoms with Crippen LogP contribution in [-0.2, 0) is 23.3 Å². The molecule has 0 aliphatic carbocycles. The van der Waals surface area contributed by atoms with Crippen molar-refractivity contribution in [2.45, 2.75) is 37.6 Å². The SMILES string of the molecule is C#C.COc1cc(F)c(-c2ccc(C(=O)O)cc2C)cc1-c1ccc(C(F)(F)F)cc1.O=C1O[C@H](c2cc(C(F)(F)F)cc(C(F)(F)F)c2)C2C=CCN12. The van der Waals surface area contributed by atoms with Crippen LogP contribution in [0.2, 0.25) is 0 Å². The van der Waals surface area contributed by atoms with Crippen molar-refractivity contribution in [1.82, 2.24) is 4.90 Å². The number of rotatable bonds is 5. The van der Waals surface area contributed by atoms with Crippen molar-refractivity contribution < 1.29 is 68.1 Å². The molecule has 4 aromatic rings. The molecule has 0 spiro atoms. The van der Waals surface area contributed by atoms with Crippen molar-refractivity contribution in [3.05, 3.63) is 124 Å². The highest BCUT2D eigenvalue weighted by atomic mass is 19.4. The minimum absolute atomic E-state index is 0.0442. The lowest BCUT2D eigenvalue weighted by Gasteiger charge is -2.19. The summed E-state index contributed by atoms with van der Waals surface area (Å²) in [5.41, 5.74) is -1.86. The second-order valence-corrected chi connectivity index (χ2v) is 11.7. The Balaban J connectivity index is 0.000000235. The molecule has 2 aliphatic heterocycles. The van der Waals surface area contributed by atoms with Crippen LogP contribution in [0.5, 0.6) is 5.75 Å². The monoisotopic (exact) mass is 767 g/mol. The Morgan fingerprint density at radius 3 is 1.87 bits per heavy atom. The van der Waals surface area contributed by atoms with Gasteiger partial charge in [0.15, 0.2) is 6.10 Å². The molecule has 0 bridgehead atoms. The van der Waals surface area contributed by atoms with Crippen LogP contribution in [0.15, 0.2) is 84.9 Å². The molecule has 1 fully saturated rings. The van der Waals surface area contributed by atoms with E-state index in [9.17, 15) is 53.5 Å². The fourth-order valence-electron chi connectivity index (χ4n) is 5.75. The summed E-state index contributed by atoms with van der Waals surface area (Å²) >= 11 is 0. The lowest BCUT2D eigenvalue weighted by Crippen LogP contribution is -2.28. The number of carboxylic acids is 1. The summed E-state index contributed by atoms with van der Waals surface area (Å²) in [5.74, 6) is -1.52. The highest BCUT2D eigenvalue weighted by Crippen LogP contribution is 2.42. The number of benzene rings is 4. The van der Waals surface area contributed by atoms with Crippen LogP contribution >= 0.6 is 0 Å². The first-order chi connectivity index (χ1) is 25.2. The van der Waals surface area contributed by atoms with Gasteiger partial charge in [-0.05, 0) is 77.7 Å². The van der Waals surface area contributed by atoms with Crippen molar-refractivity contribution in [2.24, 2.45) is 0 Å². The summed E-state index contributed by atoms with van der Waals surface area (Å²) in [4.78, 5) is 24.0. The average Bonchev–Trinajstić information content (AvgIpc) is 3.72. The zero-order chi connectivity index (χ0) is 40.3. The predicted octanol–water partition coefficient (Wildman–Crippen LogP) is 10.6. The smallest absolute Gasteiger partial charge is 0.416 e. The number of terminal acetylenes is 1. The topological polar surface area (TPSA) is 76.1 Å². The summed E-state index contributed by atoms with van der Waals surface area (Å²) in [7, 11) is 1.34. The van der Waals surface area contributed by atoms with Gasteiger partial charge in [-0.15, -0.1) is 12.8 Å². The van der Waals surface area contributed by atoms with Crippen LogP contribution in [-0.4, -0.2) is 41.8 Å². The van der Waals surface area contributed by atoms with E-state index in [0.717, 1.165) is 18.2 Å². The van der Waals surface area contributed by atoms with Crippen LogP contribution in [0, 0.1) is 25.6 Å². The van der Waals surface area contributed by atoms with Gasteiger partial charge < -0.3 is 14.6 Å². The molecule has 6 rings (SSSR count). The first kappa shape index (κ1) is 40.8. The van der Waals surface area contributed by atoms with Gasteiger partial charge in [0, 0.05) is 23.7 Å². The van der Waals surface area contributed by atoms with Crippen molar-refractivity contribution >= 4 is 12.1 Å². The first-order valence-electron chi connectivity index (χ1n) is 15.3. The fourth-order valence-corrected chi connectivity index (χ4v) is 5.75. The zero-order valence-electron chi connectivity index (χ0n) is 27.9. The Hall–Kier alpha value is -5.98. The van der Waals surface area contributed by atoms with Gasteiger partial charge in [-0.2, -0.15) is 39.5 Å². The van der Waals surface area contributed by atoms with Gasteiger partial charge >= 0.3 is 30.6 Å². The number of fused-ring (bicyclic) bond motifs is 1. The number of carboxylic acid groups (broad SMARTS) is 1. The average molecular weight is 768 g/mol. The van der Waals surface area contributed by atoms with E-state index in [1.54, 1.807) is 13.0 Å². The summed E-state index contributed by atoms with van der Waals surface area (Å²) < 4.78 is 141. The highest BCUT2D eigenvalue weighted by molar-refractivity contribution is 5.89. The molecule has 284 valence electrons. The highest BCUT2D eigenvalue weighted by Gasteiger charge is 2.45. The number of alkyl halides is 9. The van der Waals surface area contributed by atoms with E-state index < -0.39 is 65.2 Å². The lowest BCUT2D eigenvalue weighted by atomic mass is 9.93. The van der Waals surface area contributed by atoms with E-state index in [0.29, 0.717) is 34.4 Å². The molecule has 1 unspecified atom stereocenters. The summed E-state index contributed by atoms with van der Waals surface area (Å²) in [6, 6.07) is 11.9. The number of aryl methyl sites for hydroxylation is 1. The van der Waals surface area contributed by atoms with Gasteiger partial charge in [0.1, 0.15) is 11.6 Å². The molecule has 54 heavy (non-hydrogen) atoms. The second kappa shape index (κ2) is 15.6. The van der Waals surface area contributed by atoms with Crippen LogP contribution in [0.4, 0.5) is 48.7 Å². The first-order valence-corrected chi connectivity index (χ1v) is 15.3. The standard InChI is InChI=1S/C22H16F4O3.C14H9F6NO2.C2H2/c1-12-9-14(21(27)28)5-8-16(12)18-10-17(20(29-2)11-19(18)23)13-3-6-15(7-4-13)22(24,25)26;15-13(16,17)8-4-7(5-9(6-8)14(18,19)20)11-10-2-1-3-21(10)12(22)23-11;1-2/h3-11H,1-2H3,(H,27,28);1-2,4-6,10-11H,3H2;1-2H/t;10?,11-;/m.1./s1. The maximum atomic E-state index is 14.7. The van der Waals surface area contributed by atoms with Crippen molar-refractivity contribution in [1.29, 1.82) is 0 Å². The normalized spacial score (nSPS) is 16.4. The Morgan fingerprint density at radius 1 is 0.796 bits per heavy atom. The minimum atomic E-state index is -4.94. The number of carbonyl (C=O) groups is 2. The maximum absolute atomic E-state index is 14.7. The van der Waals surface area contributed by atoms with E-state index in [-0.39, 0.29) is 35.1 Å². The summed E-state index contributed by atoms with van der Waals surface area (Å²) in [5, 5.41) is 9.10. The molecule has 0 aromatic heterocycles. The third-order valence-electron chi connectivity index (χ3n) is 8.28. The van der Waals surface area contributed by atoms with Crippen LogP contribution in [0.1, 0.15) is 44.3 Å². The Labute approximate surface area is 301 Å². The number of cyclic esters (lactones) is 1. The quantitative estimate of drug-likeness (QED) is 0.124. The number of halogens is 10. The predicted molar refractivity (Wildman–Crippen MR) is 176 cm³/mol. The molecule has 4 aromatic carbocycles. The van der Waals surface area contributed by atoms with Crippen LogP contribution in [0.3, 0.4) is 0 Å². The van der Waals surface area contributed by atoms with E-state index >= 15 is 0 Å². The number of ether oxygens (including phenoxy) is 2. The van der Waals surface area contributed by atoms with Gasteiger partial charge in [-0.3, -0.25) is 4.90 Å². The van der Waals surface area contributed by atoms with Crippen molar-refractivity contribution in [3.63, 3.8) is 0 Å². The van der Waals surface area contributed by atoms with E-state index in [2.05, 4.69) is 12.8 Å². The fraction of sp³-hybridized carbons (Fsp3) is 0.211. The lowest BCUT2D eigenvalue weighted by molar-refractivity contribution is -0.143. The number of nitrogens with zero attached hydrogens (tertiary/aromatic N) is 1. The Bertz CT molecular complexity index is 2050. The Morgan fingerprint density at radius 2 is 1.37 bits per heavy atom. The third-order valence-corrected chi connectivity index (χ3v) is 8.28. The Kier molecular flexibility index (Phi) is 11.7. The van der Waals surface area contributed by atoms with Gasteiger partial charge in [0.2, 0.25) is 0 Å². The molecule has 2 heterocycles. The van der Waals surface area contributed by atoms with Crippen LogP contribution < -0.4 is 4.74 Å². The van der Waals surface area contributed by atoms with Gasteiger partial charge in [-0.1, -0.05) is 30.4 Å². The molecule has 1 amide bonds. The van der Waals surface area contributed by atoms with Gasteiger partial charge in [0.25, 0.3) is 0 Å². The second-order valence-electron chi connectivity index (χ2n) is 11.7. The molecule has 2 atom stereocenters. The molecule has 1 saturated heterocycles. The summed E-state index contributed by atoms with van der Waals surface area (Å²) in [6.45, 7) is 1.87. The number of aromatic carboxylic acids is 1. The van der Waals surface area contributed by atoms with Crippen LogP contribution in [0.25, 0.3) is 22.3 Å². The minimum Gasteiger partial charge on any atom is -0.496 e.